The van der Waals surface area contributed by atoms with Crippen LogP contribution in [0, 0.1) is 5.82 Å². The lowest BCUT2D eigenvalue weighted by Gasteiger charge is -2.27. The van der Waals surface area contributed by atoms with Gasteiger partial charge in [0.2, 0.25) is 0 Å². The Morgan fingerprint density at radius 1 is 1.58 bits per heavy atom. The van der Waals surface area contributed by atoms with Crippen LogP contribution in [0.5, 0.6) is 0 Å². The predicted molar refractivity (Wildman–Crippen MR) is 72.6 cm³/mol. The zero-order chi connectivity index (χ0) is 13.8. The molecular formula is C14H20FN3O. The van der Waals surface area contributed by atoms with E-state index in [0.29, 0.717) is 11.9 Å². The van der Waals surface area contributed by atoms with Crippen molar-refractivity contribution in [1.29, 1.82) is 0 Å². The summed E-state index contributed by atoms with van der Waals surface area (Å²) in [6.45, 7) is 5.45. The number of hydrogen-bond donors (Lipinski definition) is 1. The van der Waals surface area contributed by atoms with E-state index in [1.165, 1.54) is 12.1 Å². The molecule has 4 nitrogen and oxygen atoms in total. The summed E-state index contributed by atoms with van der Waals surface area (Å²) < 4.78 is 12.7. The van der Waals surface area contributed by atoms with E-state index in [2.05, 4.69) is 29.0 Å². The first kappa shape index (κ1) is 13.9. The molecule has 1 aliphatic rings. The zero-order valence-corrected chi connectivity index (χ0v) is 11.4. The van der Waals surface area contributed by atoms with Crippen LogP contribution < -0.4 is 5.32 Å². The second kappa shape index (κ2) is 6.10. The molecule has 0 amide bonds. The molecule has 1 atom stereocenters. The number of carbonyl (C=O) groups excluding carboxylic acids is 1. The number of rotatable bonds is 5. The maximum atomic E-state index is 12.7. The van der Waals surface area contributed by atoms with E-state index >= 15 is 0 Å². The molecule has 0 saturated carbocycles. The summed E-state index contributed by atoms with van der Waals surface area (Å²) in [6, 6.07) is 3.26. The number of anilines is 1. The minimum atomic E-state index is -0.376. The molecule has 0 aliphatic carbocycles. The Kier molecular flexibility index (Phi) is 4.47. The zero-order valence-electron chi connectivity index (χ0n) is 11.4. The van der Waals surface area contributed by atoms with Crippen LogP contribution in [0.3, 0.4) is 0 Å². The van der Waals surface area contributed by atoms with Crippen molar-refractivity contribution in [2.45, 2.75) is 38.8 Å². The number of nitrogens with one attached hydrogen (secondary N) is 1. The molecule has 0 spiro atoms. The fourth-order valence-corrected chi connectivity index (χ4v) is 2.53. The molecule has 5 heteroatoms. The van der Waals surface area contributed by atoms with Crippen molar-refractivity contribution in [3.05, 3.63) is 24.1 Å². The van der Waals surface area contributed by atoms with Crippen molar-refractivity contribution < 1.29 is 9.18 Å². The highest BCUT2D eigenvalue weighted by molar-refractivity contribution is 5.88. The molecule has 0 bridgehead atoms. The second-order valence-electron chi connectivity index (χ2n) is 5.17. The molecule has 1 aliphatic heterocycles. The van der Waals surface area contributed by atoms with E-state index in [-0.39, 0.29) is 24.2 Å². The van der Waals surface area contributed by atoms with Crippen LogP contribution in [0.4, 0.5) is 10.2 Å². The fraction of sp³-hybridized carbons (Fsp3) is 0.571. The average Bonchev–Trinajstić information content (AvgIpc) is 2.87. The van der Waals surface area contributed by atoms with E-state index in [1.807, 2.05) is 0 Å². The maximum Gasteiger partial charge on any atom is 0.168 e. The number of likely N-dealkylation sites (tertiary alicyclic amines) is 1. The van der Waals surface area contributed by atoms with Gasteiger partial charge in [0, 0.05) is 6.04 Å². The van der Waals surface area contributed by atoms with Gasteiger partial charge in [0.15, 0.2) is 5.78 Å². The molecule has 2 heterocycles. The van der Waals surface area contributed by atoms with Gasteiger partial charge in [0.25, 0.3) is 0 Å². The van der Waals surface area contributed by atoms with E-state index in [1.54, 1.807) is 0 Å². The standard InChI is InChI=1S/C14H20FN3O/c1-10(2)18-7-3-4-12(18)13(19)9-17-14-6-5-11(15)8-16-14/h5-6,8,10,12H,3-4,7,9H2,1-2H3,(H,16,17). The highest BCUT2D eigenvalue weighted by Gasteiger charge is 2.31. The van der Waals surface area contributed by atoms with Crippen LogP contribution >= 0.6 is 0 Å². The van der Waals surface area contributed by atoms with Crippen LogP contribution in [0.1, 0.15) is 26.7 Å². The molecule has 1 fully saturated rings. The van der Waals surface area contributed by atoms with Crippen LogP contribution in [0.2, 0.25) is 0 Å². The predicted octanol–water partition coefficient (Wildman–Crippen LogP) is 2.07. The lowest BCUT2D eigenvalue weighted by Crippen LogP contribution is -2.42. The summed E-state index contributed by atoms with van der Waals surface area (Å²) in [6.07, 6.45) is 3.14. The first-order valence-electron chi connectivity index (χ1n) is 6.72. The first-order valence-corrected chi connectivity index (χ1v) is 6.72. The molecule has 1 saturated heterocycles. The molecule has 1 aromatic rings. The fourth-order valence-electron chi connectivity index (χ4n) is 2.53. The number of ketones is 1. The summed E-state index contributed by atoms with van der Waals surface area (Å²) >= 11 is 0. The van der Waals surface area contributed by atoms with Crippen molar-refractivity contribution in [3.8, 4) is 0 Å². The highest BCUT2D eigenvalue weighted by atomic mass is 19.1. The number of pyridine rings is 1. The SMILES string of the molecule is CC(C)N1CCCC1C(=O)CNc1ccc(F)cn1. The van der Waals surface area contributed by atoms with Crippen molar-refractivity contribution >= 4 is 11.6 Å². The van der Waals surface area contributed by atoms with E-state index < -0.39 is 0 Å². The van der Waals surface area contributed by atoms with Gasteiger partial charge in [-0.3, -0.25) is 9.69 Å². The number of carbonyl (C=O) groups is 1. The molecule has 2 rings (SSSR count). The normalized spacial score (nSPS) is 19.9. The van der Waals surface area contributed by atoms with Gasteiger partial charge in [-0.15, -0.1) is 0 Å². The van der Waals surface area contributed by atoms with Crippen LogP contribution in [0.15, 0.2) is 18.3 Å². The quantitative estimate of drug-likeness (QED) is 0.885. The third-order valence-corrected chi connectivity index (χ3v) is 3.50. The Bertz CT molecular complexity index is 433. The van der Waals surface area contributed by atoms with Crippen LogP contribution in [0.25, 0.3) is 0 Å². The summed E-state index contributed by atoms with van der Waals surface area (Å²) in [4.78, 5) is 18.3. The monoisotopic (exact) mass is 265 g/mol. The van der Waals surface area contributed by atoms with Crippen molar-refractivity contribution in [2.24, 2.45) is 0 Å². The molecule has 104 valence electrons. The van der Waals surface area contributed by atoms with Crippen LogP contribution in [-0.4, -0.2) is 40.8 Å². The Morgan fingerprint density at radius 3 is 3.00 bits per heavy atom. The molecule has 1 N–H and O–H groups in total. The number of aromatic nitrogens is 1. The van der Waals surface area contributed by atoms with Crippen molar-refractivity contribution in [3.63, 3.8) is 0 Å². The highest BCUT2D eigenvalue weighted by Crippen LogP contribution is 2.20. The Morgan fingerprint density at radius 2 is 2.37 bits per heavy atom. The number of Topliss-reactive ketones (excluding diaryl/α,β-unsaturated/α-hetero) is 1. The minimum absolute atomic E-state index is 0.00736. The second-order valence-corrected chi connectivity index (χ2v) is 5.17. The van der Waals surface area contributed by atoms with Crippen LogP contribution in [-0.2, 0) is 4.79 Å². The third-order valence-electron chi connectivity index (χ3n) is 3.50. The Hall–Kier alpha value is -1.49. The molecule has 0 radical (unpaired) electrons. The molecule has 1 unspecified atom stereocenters. The summed E-state index contributed by atoms with van der Waals surface area (Å²) in [7, 11) is 0. The van der Waals surface area contributed by atoms with Gasteiger partial charge in [-0.25, -0.2) is 9.37 Å². The molecule has 1 aromatic heterocycles. The van der Waals surface area contributed by atoms with Crippen molar-refractivity contribution in [1.82, 2.24) is 9.88 Å². The lowest BCUT2D eigenvalue weighted by atomic mass is 10.1. The number of nitrogens with zero attached hydrogens (tertiary/aromatic N) is 2. The Labute approximate surface area is 113 Å². The van der Waals surface area contributed by atoms with Crippen molar-refractivity contribution in [2.75, 3.05) is 18.4 Å². The smallest absolute Gasteiger partial charge is 0.168 e. The average molecular weight is 265 g/mol. The molecule has 19 heavy (non-hydrogen) atoms. The van der Waals surface area contributed by atoms with Gasteiger partial charge in [-0.2, -0.15) is 0 Å². The summed E-state index contributed by atoms with van der Waals surface area (Å²) in [5.41, 5.74) is 0. The van der Waals surface area contributed by atoms with E-state index in [0.717, 1.165) is 25.6 Å². The van der Waals surface area contributed by atoms with Gasteiger partial charge in [0.05, 0.1) is 18.8 Å². The molecular weight excluding hydrogens is 245 g/mol. The third kappa shape index (κ3) is 3.50. The first-order chi connectivity index (χ1) is 9.08. The topological polar surface area (TPSA) is 45.2 Å². The molecule has 0 aromatic carbocycles. The summed E-state index contributed by atoms with van der Waals surface area (Å²) in [5, 5.41) is 2.95. The summed E-state index contributed by atoms with van der Waals surface area (Å²) in [5.74, 6) is 0.333. The number of hydrogen-bond acceptors (Lipinski definition) is 4. The van der Waals surface area contributed by atoms with E-state index in [4.69, 9.17) is 0 Å². The van der Waals surface area contributed by atoms with E-state index in [9.17, 15) is 9.18 Å². The van der Waals surface area contributed by atoms with Gasteiger partial charge in [-0.1, -0.05) is 0 Å². The lowest BCUT2D eigenvalue weighted by molar-refractivity contribution is -0.122. The van der Waals surface area contributed by atoms with Gasteiger partial charge >= 0.3 is 0 Å². The number of halogens is 1. The largest absolute Gasteiger partial charge is 0.363 e. The maximum absolute atomic E-state index is 12.7. The minimum Gasteiger partial charge on any atom is -0.363 e. The van der Waals surface area contributed by atoms with Gasteiger partial charge in [0.1, 0.15) is 11.6 Å². The Balaban J connectivity index is 1.89. The van der Waals surface area contributed by atoms with Gasteiger partial charge in [-0.05, 0) is 45.4 Å². The van der Waals surface area contributed by atoms with Gasteiger partial charge < -0.3 is 5.32 Å².